The third kappa shape index (κ3) is 2.76. The van der Waals surface area contributed by atoms with Crippen LogP contribution >= 0.6 is 0 Å². The van der Waals surface area contributed by atoms with Crippen molar-refractivity contribution < 1.29 is 18.9 Å². The first-order chi connectivity index (χ1) is 14.7. The molecular weight excluding hydrogens is 380 g/mol. The van der Waals surface area contributed by atoms with E-state index in [0.717, 1.165) is 36.1 Å². The Balaban J connectivity index is 1.62. The van der Waals surface area contributed by atoms with Crippen molar-refractivity contribution in [3.63, 3.8) is 0 Å². The number of ether oxygens (including phenoxy) is 4. The third-order valence-corrected chi connectivity index (χ3v) is 7.10. The quantitative estimate of drug-likeness (QED) is 0.733. The van der Waals surface area contributed by atoms with Gasteiger partial charge in [0.15, 0.2) is 23.0 Å². The minimum absolute atomic E-state index is 0.317. The minimum Gasteiger partial charge on any atom is -0.493 e. The summed E-state index contributed by atoms with van der Waals surface area (Å²) in [5, 5.41) is 0. The highest BCUT2D eigenvalue weighted by Crippen LogP contribution is 2.55. The van der Waals surface area contributed by atoms with Gasteiger partial charge >= 0.3 is 0 Å². The average molecular weight is 411 g/mol. The summed E-state index contributed by atoms with van der Waals surface area (Å²) < 4.78 is 22.3. The number of nitrogens with zero attached hydrogens (tertiary/aromatic N) is 2. The van der Waals surface area contributed by atoms with Crippen LogP contribution in [0.2, 0.25) is 0 Å². The van der Waals surface area contributed by atoms with Crippen LogP contribution in [0.1, 0.15) is 30.9 Å². The van der Waals surface area contributed by atoms with Crippen molar-refractivity contribution in [2.24, 2.45) is 5.92 Å². The summed E-state index contributed by atoms with van der Waals surface area (Å²) >= 11 is 0. The third-order valence-electron chi connectivity index (χ3n) is 7.10. The molecule has 2 fully saturated rings. The molecule has 0 unspecified atom stereocenters. The molecule has 2 aromatic carbocycles. The number of anilines is 2. The summed E-state index contributed by atoms with van der Waals surface area (Å²) in [6, 6.07) is 11.5. The molecule has 0 aliphatic carbocycles. The molecule has 0 N–H and O–H groups in total. The van der Waals surface area contributed by atoms with Crippen molar-refractivity contribution >= 4 is 11.4 Å². The van der Waals surface area contributed by atoms with Gasteiger partial charge in [-0.25, -0.2) is 0 Å². The molecule has 6 heteroatoms. The Kier molecular flexibility index (Phi) is 4.80. The topological polar surface area (TPSA) is 43.4 Å². The van der Waals surface area contributed by atoms with Crippen LogP contribution in [0.5, 0.6) is 23.0 Å². The summed E-state index contributed by atoms with van der Waals surface area (Å²) in [5.41, 5.74) is 3.80. The van der Waals surface area contributed by atoms with E-state index in [1.165, 1.54) is 36.2 Å². The molecule has 5 rings (SSSR count). The zero-order chi connectivity index (χ0) is 20.8. The van der Waals surface area contributed by atoms with E-state index in [0.29, 0.717) is 18.0 Å². The zero-order valence-corrected chi connectivity index (χ0v) is 18.2. The van der Waals surface area contributed by atoms with Crippen molar-refractivity contribution in [1.29, 1.82) is 0 Å². The molecular formula is C24H30N2O4. The fraction of sp³-hybridized carbons (Fsp3) is 0.500. The molecule has 0 saturated carbocycles. The van der Waals surface area contributed by atoms with Crippen molar-refractivity contribution in [3.8, 4) is 23.0 Å². The smallest absolute Gasteiger partial charge is 0.162 e. The van der Waals surface area contributed by atoms with E-state index < -0.39 is 0 Å². The predicted molar refractivity (Wildman–Crippen MR) is 118 cm³/mol. The first kappa shape index (κ1) is 19.2. The second-order valence-corrected chi connectivity index (χ2v) is 8.30. The van der Waals surface area contributed by atoms with Gasteiger partial charge in [-0.2, -0.15) is 0 Å². The number of rotatable bonds is 5. The van der Waals surface area contributed by atoms with Crippen LogP contribution in [0.15, 0.2) is 30.3 Å². The molecule has 0 bridgehead atoms. The van der Waals surface area contributed by atoms with E-state index >= 15 is 0 Å². The summed E-state index contributed by atoms with van der Waals surface area (Å²) in [7, 11) is 6.79. The second kappa shape index (κ2) is 7.49. The highest BCUT2D eigenvalue weighted by atomic mass is 16.5. The van der Waals surface area contributed by atoms with Crippen LogP contribution in [0.3, 0.4) is 0 Å². The Hall–Kier alpha value is -2.76. The standard InChI is InChI=1S/C24H30N2O4/c1-27-20-8-7-15(12-21(20)28-2)25-11-9-16-18-6-5-10-26(18)19-14-23(30-4)22(29-3)13-17(19)24(16)25/h7-8,12-14,16,18,24H,5-6,9-11H2,1-4H3/t16-,18+,24-/m1/s1. The average Bonchev–Trinajstić information content (AvgIpc) is 3.45. The van der Waals surface area contributed by atoms with Gasteiger partial charge < -0.3 is 28.7 Å². The lowest BCUT2D eigenvalue weighted by Gasteiger charge is -2.44. The van der Waals surface area contributed by atoms with Gasteiger partial charge in [0.2, 0.25) is 0 Å². The Morgan fingerprint density at radius 1 is 0.733 bits per heavy atom. The van der Waals surface area contributed by atoms with Crippen molar-refractivity contribution in [2.75, 3.05) is 51.3 Å². The lowest BCUT2D eigenvalue weighted by molar-refractivity contribution is 0.346. The number of methoxy groups -OCH3 is 4. The Labute approximate surface area is 178 Å². The molecule has 0 aromatic heterocycles. The van der Waals surface area contributed by atoms with Gasteiger partial charge in [0.1, 0.15) is 0 Å². The van der Waals surface area contributed by atoms with Crippen LogP contribution < -0.4 is 28.7 Å². The Bertz CT molecular complexity index is 947. The number of hydrogen-bond acceptors (Lipinski definition) is 6. The normalized spacial score (nSPS) is 24.2. The summed E-state index contributed by atoms with van der Waals surface area (Å²) in [4.78, 5) is 5.14. The van der Waals surface area contributed by atoms with Crippen LogP contribution in [0.4, 0.5) is 11.4 Å². The monoisotopic (exact) mass is 410 g/mol. The van der Waals surface area contributed by atoms with Crippen molar-refractivity contribution in [3.05, 3.63) is 35.9 Å². The van der Waals surface area contributed by atoms with Crippen LogP contribution in [0, 0.1) is 5.92 Å². The van der Waals surface area contributed by atoms with E-state index in [9.17, 15) is 0 Å². The Morgan fingerprint density at radius 2 is 1.43 bits per heavy atom. The first-order valence-electron chi connectivity index (χ1n) is 10.7. The highest BCUT2D eigenvalue weighted by Gasteiger charge is 2.49. The molecule has 3 aliphatic heterocycles. The molecule has 2 saturated heterocycles. The molecule has 2 aromatic rings. The van der Waals surface area contributed by atoms with Gasteiger partial charge in [0.25, 0.3) is 0 Å². The molecule has 3 aliphatic rings. The molecule has 160 valence electrons. The first-order valence-corrected chi connectivity index (χ1v) is 10.7. The van der Waals surface area contributed by atoms with Gasteiger partial charge in [0, 0.05) is 54.1 Å². The van der Waals surface area contributed by atoms with Gasteiger partial charge in [-0.05, 0) is 37.5 Å². The molecule has 0 amide bonds. The molecule has 30 heavy (non-hydrogen) atoms. The maximum Gasteiger partial charge on any atom is 0.162 e. The maximum atomic E-state index is 5.67. The lowest BCUT2D eigenvalue weighted by atomic mass is 9.81. The fourth-order valence-electron chi connectivity index (χ4n) is 5.82. The SMILES string of the molecule is COc1ccc(N2CC[C@@H]3[C@@H]4CCCN4c4cc(OC)c(OC)cc4[C@@H]32)cc1OC. The van der Waals surface area contributed by atoms with Crippen molar-refractivity contribution in [1.82, 2.24) is 0 Å². The van der Waals surface area contributed by atoms with Crippen LogP contribution in [-0.2, 0) is 0 Å². The maximum absolute atomic E-state index is 5.67. The van der Waals surface area contributed by atoms with Gasteiger partial charge in [-0.1, -0.05) is 0 Å². The Morgan fingerprint density at radius 3 is 2.17 bits per heavy atom. The molecule has 0 spiro atoms. The van der Waals surface area contributed by atoms with E-state index in [1.54, 1.807) is 28.4 Å². The summed E-state index contributed by atoms with van der Waals surface area (Å²) in [6.07, 6.45) is 3.70. The van der Waals surface area contributed by atoms with Crippen molar-refractivity contribution in [2.45, 2.75) is 31.3 Å². The van der Waals surface area contributed by atoms with E-state index in [4.69, 9.17) is 18.9 Å². The van der Waals surface area contributed by atoms with E-state index in [1.807, 2.05) is 6.07 Å². The lowest BCUT2D eigenvalue weighted by Crippen LogP contribution is -2.44. The van der Waals surface area contributed by atoms with Gasteiger partial charge in [-0.15, -0.1) is 0 Å². The number of hydrogen-bond donors (Lipinski definition) is 0. The summed E-state index contributed by atoms with van der Waals surface area (Å²) in [5.74, 6) is 3.73. The van der Waals surface area contributed by atoms with Gasteiger partial charge in [-0.3, -0.25) is 0 Å². The van der Waals surface area contributed by atoms with Crippen LogP contribution in [0.25, 0.3) is 0 Å². The summed E-state index contributed by atoms with van der Waals surface area (Å²) in [6.45, 7) is 2.15. The van der Waals surface area contributed by atoms with Crippen LogP contribution in [-0.4, -0.2) is 47.6 Å². The molecule has 3 atom stereocenters. The molecule has 6 nitrogen and oxygen atoms in total. The van der Waals surface area contributed by atoms with E-state index in [-0.39, 0.29) is 0 Å². The minimum atomic E-state index is 0.317. The van der Waals surface area contributed by atoms with E-state index in [2.05, 4.69) is 34.1 Å². The molecule has 3 heterocycles. The largest absolute Gasteiger partial charge is 0.493 e. The molecule has 0 radical (unpaired) electrons. The van der Waals surface area contributed by atoms with Gasteiger partial charge in [0.05, 0.1) is 34.5 Å². The number of benzene rings is 2. The second-order valence-electron chi connectivity index (χ2n) is 8.30. The zero-order valence-electron chi connectivity index (χ0n) is 18.2. The fourth-order valence-corrected chi connectivity index (χ4v) is 5.82. The highest BCUT2D eigenvalue weighted by molar-refractivity contribution is 5.69. The predicted octanol–water partition coefficient (Wildman–Crippen LogP) is 4.27. The number of fused-ring (bicyclic) bond motifs is 6.